The molecule has 0 bridgehead atoms. The standard InChI is InChI=1S/C19H21FN6OS/c1-11-5-6-14(20)15(8-11)26-7-3-4-13(9-26)24-18(27)16-12(2)23-19(28-16)17-21-10-22-25-17/h5-6,8,10,13H,3-4,7,9H2,1-2H3,(H,24,27)(H,21,22,25). The number of hydrogen-bond donors (Lipinski definition) is 2. The smallest absolute Gasteiger partial charge is 0.263 e. The summed E-state index contributed by atoms with van der Waals surface area (Å²) in [6.45, 7) is 5.12. The van der Waals surface area contributed by atoms with Crippen LogP contribution in [0, 0.1) is 19.7 Å². The van der Waals surface area contributed by atoms with Crippen molar-refractivity contribution in [2.45, 2.75) is 32.7 Å². The second-order valence-corrected chi connectivity index (χ2v) is 7.98. The SMILES string of the molecule is Cc1ccc(F)c(N2CCCC(NC(=O)c3sc(-c4ncn[nH]4)nc3C)C2)c1. The molecule has 1 aromatic carbocycles. The number of halogens is 1. The molecule has 7 nitrogen and oxygen atoms in total. The Hall–Kier alpha value is -2.81. The van der Waals surface area contributed by atoms with Gasteiger partial charge in [-0.2, -0.15) is 5.10 Å². The third kappa shape index (κ3) is 3.75. The van der Waals surface area contributed by atoms with Crippen LogP contribution in [0.2, 0.25) is 0 Å². The van der Waals surface area contributed by atoms with Crippen molar-refractivity contribution in [2.24, 2.45) is 0 Å². The van der Waals surface area contributed by atoms with Gasteiger partial charge in [-0.05, 0) is 44.4 Å². The molecular weight excluding hydrogens is 379 g/mol. The Balaban J connectivity index is 1.47. The van der Waals surface area contributed by atoms with Gasteiger partial charge in [-0.3, -0.25) is 9.89 Å². The second-order valence-electron chi connectivity index (χ2n) is 6.98. The molecule has 1 unspecified atom stereocenters. The first-order valence-corrected chi connectivity index (χ1v) is 9.98. The molecule has 2 N–H and O–H groups in total. The Morgan fingerprint density at radius 3 is 3.04 bits per heavy atom. The summed E-state index contributed by atoms with van der Waals surface area (Å²) in [6.07, 6.45) is 3.17. The number of benzene rings is 1. The summed E-state index contributed by atoms with van der Waals surface area (Å²) in [5, 5.41) is 10.3. The highest BCUT2D eigenvalue weighted by Crippen LogP contribution is 2.27. The number of nitrogens with one attached hydrogen (secondary N) is 2. The lowest BCUT2D eigenvalue weighted by molar-refractivity contribution is 0.0936. The third-order valence-electron chi connectivity index (χ3n) is 4.82. The number of carbonyl (C=O) groups excluding carboxylic acids is 1. The summed E-state index contributed by atoms with van der Waals surface area (Å²) in [4.78, 5) is 23.9. The van der Waals surface area contributed by atoms with Gasteiger partial charge in [0.25, 0.3) is 5.91 Å². The zero-order valence-corrected chi connectivity index (χ0v) is 16.5. The fourth-order valence-corrected chi connectivity index (χ4v) is 4.36. The first-order valence-electron chi connectivity index (χ1n) is 9.16. The van der Waals surface area contributed by atoms with Crippen molar-refractivity contribution in [1.29, 1.82) is 0 Å². The molecule has 0 saturated carbocycles. The maximum absolute atomic E-state index is 14.2. The Morgan fingerprint density at radius 2 is 2.25 bits per heavy atom. The Kier molecular flexibility index (Phi) is 5.08. The van der Waals surface area contributed by atoms with E-state index in [0.29, 0.717) is 33.6 Å². The highest BCUT2D eigenvalue weighted by molar-refractivity contribution is 7.17. The number of nitrogens with zero attached hydrogens (tertiary/aromatic N) is 4. The topological polar surface area (TPSA) is 86.8 Å². The first kappa shape index (κ1) is 18.5. The molecule has 0 radical (unpaired) electrons. The summed E-state index contributed by atoms with van der Waals surface area (Å²) < 4.78 is 14.2. The van der Waals surface area contributed by atoms with Crippen molar-refractivity contribution < 1.29 is 9.18 Å². The average Bonchev–Trinajstić information content (AvgIpc) is 3.33. The fraction of sp³-hybridized carbons (Fsp3) is 0.368. The van der Waals surface area contributed by atoms with Gasteiger partial charge in [0.15, 0.2) is 10.8 Å². The van der Waals surface area contributed by atoms with Crippen molar-refractivity contribution in [1.82, 2.24) is 25.5 Å². The van der Waals surface area contributed by atoms with Crippen LogP contribution in [0.15, 0.2) is 24.5 Å². The van der Waals surface area contributed by atoms with Crippen LogP contribution >= 0.6 is 11.3 Å². The van der Waals surface area contributed by atoms with Gasteiger partial charge in [-0.15, -0.1) is 11.3 Å². The number of thiazole rings is 1. The minimum Gasteiger partial charge on any atom is -0.367 e. The predicted octanol–water partition coefficient (Wildman–Crippen LogP) is 3.08. The van der Waals surface area contributed by atoms with Gasteiger partial charge in [0.05, 0.1) is 11.4 Å². The maximum Gasteiger partial charge on any atom is 0.263 e. The zero-order chi connectivity index (χ0) is 19.7. The van der Waals surface area contributed by atoms with E-state index in [2.05, 4.69) is 25.5 Å². The molecule has 0 spiro atoms. The summed E-state index contributed by atoms with van der Waals surface area (Å²) >= 11 is 1.28. The Labute approximate surface area is 166 Å². The van der Waals surface area contributed by atoms with Crippen LogP contribution in [0.4, 0.5) is 10.1 Å². The molecule has 2 aromatic heterocycles. The lowest BCUT2D eigenvalue weighted by Gasteiger charge is -2.35. The molecule has 1 amide bonds. The normalized spacial score (nSPS) is 17.0. The molecular formula is C19H21FN6OS. The molecule has 0 aliphatic carbocycles. The quantitative estimate of drug-likeness (QED) is 0.703. The largest absolute Gasteiger partial charge is 0.367 e. The van der Waals surface area contributed by atoms with E-state index in [4.69, 9.17) is 0 Å². The van der Waals surface area contributed by atoms with Gasteiger partial charge in [-0.1, -0.05) is 6.07 Å². The number of amides is 1. The van der Waals surface area contributed by atoms with Crippen LogP contribution < -0.4 is 10.2 Å². The number of rotatable bonds is 4. The van der Waals surface area contributed by atoms with E-state index >= 15 is 0 Å². The van der Waals surface area contributed by atoms with E-state index < -0.39 is 0 Å². The van der Waals surface area contributed by atoms with E-state index in [9.17, 15) is 9.18 Å². The van der Waals surface area contributed by atoms with Crippen LogP contribution in [-0.2, 0) is 0 Å². The van der Waals surface area contributed by atoms with E-state index in [-0.39, 0.29) is 17.8 Å². The molecule has 28 heavy (non-hydrogen) atoms. The van der Waals surface area contributed by atoms with Crippen molar-refractivity contribution in [3.05, 3.63) is 46.5 Å². The van der Waals surface area contributed by atoms with Crippen LogP contribution in [-0.4, -0.2) is 45.2 Å². The molecule has 1 aliphatic rings. The lowest BCUT2D eigenvalue weighted by atomic mass is 10.0. The van der Waals surface area contributed by atoms with Gasteiger partial charge in [0.2, 0.25) is 0 Å². The van der Waals surface area contributed by atoms with Gasteiger partial charge in [-0.25, -0.2) is 14.4 Å². The van der Waals surface area contributed by atoms with Crippen molar-refractivity contribution in [3.63, 3.8) is 0 Å². The minimum absolute atomic E-state index is 0.0450. The zero-order valence-electron chi connectivity index (χ0n) is 15.7. The van der Waals surface area contributed by atoms with Crippen LogP contribution in [0.5, 0.6) is 0 Å². The molecule has 146 valence electrons. The fourth-order valence-electron chi connectivity index (χ4n) is 3.45. The van der Waals surface area contributed by atoms with Gasteiger partial charge < -0.3 is 10.2 Å². The molecule has 3 aromatic rings. The third-order valence-corrected chi connectivity index (χ3v) is 5.98. The van der Waals surface area contributed by atoms with Gasteiger partial charge in [0, 0.05) is 19.1 Å². The number of aromatic amines is 1. The highest BCUT2D eigenvalue weighted by atomic mass is 32.1. The predicted molar refractivity (Wildman–Crippen MR) is 106 cm³/mol. The number of anilines is 1. The lowest BCUT2D eigenvalue weighted by Crippen LogP contribution is -2.48. The van der Waals surface area contributed by atoms with Crippen molar-refractivity contribution >= 4 is 22.9 Å². The van der Waals surface area contributed by atoms with E-state index in [1.807, 2.05) is 17.9 Å². The van der Waals surface area contributed by atoms with Crippen molar-refractivity contribution in [2.75, 3.05) is 18.0 Å². The summed E-state index contributed by atoms with van der Waals surface area (Å²) in [5.41, 5.74) is 2.27. The number of carbonyl (C=O) groups is 1. The number of hydrogen-bond acceptors (Lipinski definition) is 6. The molecule has 4 rings (SSSR count). The summed E-state index contributed by atoms with van der Waals surface area (Å²) in [7, 11) is 0. The van der Waals surface area contributed by atoms with Crippen molar-refractivity contribution in [3.8, 4) is 10.8 Å². The second kappa shape index (κ2) is 7.67. The summed E-state index contributed by atoms with van der Waals surface area (Å²) in [5.74, 6) is 0.163. The molecule has 1 saturated heterocycles. The number of aryl methyl sites for hydroxylation is 2. The maximum atomic E-state index is 14.2. The van der Waals surface area contributed by atoms with Gasteiger partial charge in [0.1, 0.15) is 17.0 Å². The number of piperidine rings is 1. The molecule has 1 aliphatic heterocycles. The van der Waals surface area contributed by atoms with Gasteiger partial charge >= 0.3 is 0 Å². The Morgan fingerprint density at radius 1 is 1.39 bits per heavy atom. The van der Waals surface area contributed by atoms with E-state index in [1.165, 1.54) is 23.7 Å². The van der Waals surface area contributed by atoms with Crippen LogP contribution in [0.1, 0.15) is 33.8 Å². The van der Waals surface area contributed by atoms with Crippen LogP contribution in [0.3, 0.4) is 0 Å². The van der Waals surface area contributed by atoms with E-state index in [1.54, 1.807) is 13.0 Å². The molecule has 1 atom stereocenters. The highest BCUT2D eigenvalue weighted by Gasteiger charge is 2.25. The number of H-pyrrole nitrogens is 1. The molecule has 1 fully saturated rings. The average molecular weight is 400 g/mol. The minimum atomic E-state index is -0.229. The monoisotopic (exact) mass is 400 g/mol. The Bertz CT molecular complexity index is 986. The molecule has 9 heteroatoms. The van der Waals surface area contributed by atoms with Crippen LogP contribution in [0.25, 0.3) is 10.8 Å². The molecule has 3 heterocycles. The van der Waals surface area contributed by atoms with E-state index in [0.717, 1.165) is 24.9 Å². The first-order chi connectivity index (χ1) is 13.5. The number of aromatic nitrogens is 4. The summed E-state index contributed by atoms with van der Waals surface area (Å²) in [6, 6.07) is 5.08.